The molecule has 4 nitrogen and oxygen atoms in total. The topological polar surface area (TPSA) is 63.0 Å². The van der Waals surface area contributed by atoms with Crippen molar-refractivity contribution in [2.45, 2.75) is 13.3 Å². The molecule has 1 aromatic rings. The highest BCUT2D eigenvalue weighted by atomic mass is 79.9. The summed E-state index contributed by atoms with van der Waals surface area (Å²) in [7, 11) is 0. The minimum Gasteiger partial charge on any atom is -0.462 e. The van der Waals surface area contributed by atoms with Crippen molar-refractivity contribution in [1.82, 2.24) is 4.98 Å². The van der Waals surface area contributed by atoms with Crippen LogP contribution in [0.4, 0.5) is 8.78 Å². The van der Waals surface area contributed by atoms with E-state index in [-0.39, 0.29) is 16.6 Å². The summed E-state index contributed by atoms with van der Waals surface area (Å²) in [4.78, 5) is 15.0. The maximum Gasteiger partial charge on any atom is 0.340 e. The van der Waals surface area contributed by atoms with Crippen LogP contribution in [0.15, 0.2) is 10.7 Å². The fourth-order valence-corrected chi connectivity index (χ4v) is 1.65. The molecule has 0 aliphatic carbocycles. The lowest BCUT2D eigenvalue weighted by Crippen LogP contribution is -2.11. The first-order valence-electron chi connectivity index (χ1n) is 4.56. The number of rotatable bonds is 3. The maximum absolute atomic E-state index is 12.6. The van der Waals surface area contributed by atoms with Crippen LogP contribution in [-0.2, 0) is 4.74 Å². The summed E-state index contributed by atoms with van der Waals surface area (Å²) in [5.41, 5.74) is -1.41. The average molecular weight is 305 g/mol. The Labute approximate surface area is 104 Å². The lowest BCUT2D eigenvalue weighted by molar-refractivity contribution is 0.0524. The molecule has 0 aliphatic heterocycles. The Hall–Kier alpha value is -1.55. The summed E-state index contributed by atoms with van der Waals surface area (Å²) < 4.78 is 30.0. The van der Waals surface area contributed by atoms with Gasteiger partial charge in [-0.25, -0.2) is 13.6 Å². The summed E-state index contributed by atoms with van der Waals surface area (Å²) in [5, 5.41) is 8.84. The number of aromatic nitrogens is 1. The van der Waals surface area contributed by atoms with Crippen LogP contribution in [0.1, 0.15) is 35.0 Å². The lowest BCUT2D eigenvalue weighted by atomic mass is 10.1. The monoisotopic (exact) mass is 304 g/mol. The van der Waals surface area contributed by atoms with E-state index in [4.69, 9.17) is 10.00 Å². The van der Waals surface area contributed by atoms with Crippen LogP contribution >= 0.6 is 15.9 Å². The second kappa shape index (κ2) is 5.68. The number of nitrogens with zero attached hydrogens (tertiary/aromatic N) is 2. The Balaban J connectivity index is 3.42. The number of pyridine rings is 1. The first-order chi connectivity index (χ1) is 8.02. The van der Waals surface area contributed by atoms with Gasteiger partial charge in [-0.1, -0.05) is 0 Å². The molecule has 0 atom stereocenters. The first-order valence-corrected chi connectivity index (χ1v) is 5.36. The van der Waals surface area contributed by atoms with E-state index in [1.807, 2.05) is 0 Å². The molecule has 0 N–H and O–H groups in total. The van der Waals surface area contributed by atoms with Gasteiger partial charge in [0.05, 0.1) is 22.2 Å². The molecule has 0 aliphatic rings. The second-order valence-electron chi connectivity index (χ2n) is 2.87. The molecule has 0 saturated carbocycles. The molecular weight excluding hydrogens is 298 g/mol. The molecule has 0 fully saturated rings. The molecular formula is C10H7BrF2N2O2. The van der Waals surface area contributed by atoms with Crippen molar-refractivity contribution in [2.24, 2.45) is 0 Å². The number of hydrogen-bond donors (Lipinski definition) is 0. The zero-order valence-electron chi connectivity index (χ0n) is 8.71. The number of ether oxygens (including phenoxy) is 1. The fourth-order valence-electron chi connectivity index (χ4n) is 1.18. The molecule has 0 saturated heterocycles. The van der Waals surface area contributed by atoms with Crippen molar-refractivity contribution in [2.75, 3.05) is 6.61 Å². The largest absolute Gasteiger partial charge is 0.462 e. The van der Waals surface area contributed by atoms with E-state index in [1.54, 1.807) is 13.0 Å². The van der Waals surface area contributed by atoms with Crippen LogP contribution in [0.5, 0.6) is 0 Å². The normalized spacial score (nSPS) is 10.1. The van der Waals surface area contributed by atoms with Crippen LogP contribution in [-0.4, -0.2) is 17.6 Å². The highest BCUT2D eigenvalue weighted by molar-refractivity contribution is 9.10. The summed E-state index contributed by atoms with van der Waals surface area (Å²) in [5.74, 6) is -0.833. The van der Waals surface area contributed by atoms with E-state index in [0.717, 1.165) is 6.20 Å². The molecule has 90 valence electrons. The van der Waals surface area contributed by atoms with Crippen molar-refractivity contribution in [1.29, 1.82) is 5.26 Å². The van der Waals surface area contributed by atoms with E-state index in [0.29, 0.717) is 0 Å². The van der Waals surface area contributed by atoms with Crippen LogP contribution in [0.2, 0.25) is 0 Å². The van der Waals surface area contributed by atoms with E-state index in [2.05, 4.69) is 20.9 Å². The van der Waals surface area contributed by atoms with E-state index < -0.39 is 23.7 Å². The van der Waals surface area contributed by atoms with Crippen LogP contribution in [0, 0.1) is 11.3 Å². The van der Waals surface area contributed by atoms with Gasteiger partial charge < -0.3 is 4.74 Å². The Morgan fingerprint density at radius 3 is 2.82 bits per heavy atom. The maximum atomic E-state index is 12.6. The summed E-state index contributed by atoms with van der Waals surface area (Å²) >= 11 is 2.98. The van der Waals surface area contributed by atoms with Gasteiger partial charge in [-0.05, 0) is 22.9 Å². The molecule has 1 heterocycles. The number of nitriles is 1. The molecule has 0 aromatic carbocycles. The average Bonchev–Trinajstić information content (AvgIpc) is 2.28. The molecule has 17 heavy (non-hydrogen) atoms. The minimum atomic E-state index is -2.93. The number of halogens is 3. The van der Waals surface area contributed by atoms with Gasteiger partial charge >= 0.3 is 5.97 Å². The first kappa shape index (κ1) is 13.5. The summed E-state index contributed by atoms with van der Waals surface area (Å²) in [6.07, 6.45) is -1.87. The van der Waals surface area contributed by atoms with Crippen LogP contribution in [0.25, 0.3) is 0 Å². The highest BCUT2D eigenvalue weighted by Gasteiger charge is 2.25. The SMILES string of the molecule is CCOC(=O)c1c(Br)cnc(C(F)F)c1C#N. The van der Waals surface area contributed by atoms with Crippen molar-refractivity contribution in [3.63, 3.8) is 0 Å². The van der Waals surface area contributed by atoms with Crippen molar-refractivity contribution in [3.05, 3.63) is 27.5 Å². The minimum absolute atomic E-state index is 0.0858. The number of alkyl halides is 2. The number of carbonyl (C=O) groups is 1. The Bertz CT molecular complexity index is 486. The molecule has 1 rings (SSSR count). The number of esters is 1. The molecule has 0 spiro atoms. The predicted octanol–water partition coefficient (Wildman–Crippen LogP) is 2.83. The fraction of sp³-hybridized carbons (Fsp3) is 0.300. The van der Waals surface area contributed by atoms with Gasteiger partial charge in [0.1, 0.15) is 11.8 Å². The zero-order chi connectivity index (χ0) is 13.0. The smallest absolute Gasteiger partial charge is 0.340 e. The number of hydrogen-bond acceptors (Lipinski definition) is 4. The quantitative estimate of drug-likeness (QED) is 0.806. The van der Waals surface area contributed by atoms with Gasteiger partial charge in [0.2, 0.25) is 0 Å². The Morgan fingerprint density at radius 1 is 1.71 bits per heavy atom. The van der Waals surface area contributed by atoms with E-state index in [1.165, 1.54) is 0 Å². The predicted molar refractivity (Wildman–Crippen MR) is 57.6 cm³/mol. The third kappa shape index (κ3) is 2.77. The van der Waals surface area contributed by atoms with Gasteiger partial charge in [-0.3, -0.25) is 4.98 Å². The van der Waals surface area contributed by atoms with Gasteiger partial charge in [0.25, 0.3) is 6.43 Å². The van der Waals surface area contributed by atoms with Gasteiger partial charge in [-0.15, -0.1) is 0 Å². The van der Waals surface area contributed by atoms with E-state index in [9.17, 15) is 13.6 Å². The van der Waals surface area contributed by atoms with E-state index >= 15 is 0 Å². The Kier molecular flexibility index (Phi) is 4.52. The van der Waals surface area contributed by atoms with Gasteiger partial charge in [-0.2, -0.15) is 5.26 Å². The Morgan fingerprint density at radius 2 is 2.35 bits per heavy atom. The molecule has 7 heteroatoms. The van der Waals surface area contributed by atoms with Gasteiger partial charge in [0.15, 0.2) is 0 Å². The summed E-state index contributed by atoms with van der Waals surface area (Å²) in [6.45, 7) is 1.66. The lowest BCUT2D eigenvalue weighted by Gasteiger charge is -2.09. The molecule has 1 aromatic heterocycles. The molecule has 0 unspecified atom stereocenters. The third-order valence-corrected chi connectivity index (χ3v) is 2.46. The van der Waals surface area contributed by atoms with Crippen LogP contribution < -0.4 is 0 Å². The second-order valence-corrected chi connectivity index (χ2v) is 3.73. The zero-order valence-corrected chi connectivity index (χ0v) is 10.3. The summed E-state index contributed by atoms with van der Waals surface area (Å²) in [6, 6.07) is 1.55. The number of carbonyl (C=O) groups excluding carboxylic acids is 1. The van der Waals surface area contributed by atoms with Crippen molar-refractivity contribution < 1.29 is 18.3 Å². The van der Waals surface area contributed by atoms with Gasteiger partial charge in [0, 0.05) is 6.20 Å². The van der Waals surface area contributed by atoms with Crippen LogP contribution in [0.3, 0.4) is 0 Å². The molecule has 0 radical (unpaired) electrons. The van der Waals surface area contributed by atoms with Crippen molar-refractivity contribution >= 4 is 21.9 Å². The highest BCUT2D eigenvalue weighted by Crippen LogP contribution is 2.28. The standard InChI is InChI=1S/C10H7BrF2N2O2/c1-2-17-10(16)7-5(3-14)8(9(12)13)15-4-6(7)11/h4,9H,2H2,1H3. The molecule has 0 bridgehead atoms. The molecule has 0 amide bonds. The third-order valence-electron chi connectivity index (χ3n) is 1.86. The van der Waals surface area contributed by atoms with Crippen molar-refractivity contribution in [3.8, 4) is 6.07 Å².